The van der Waals surface area contributed by atoms with Gasteiger partial charge in [-0.25, -0.2) is 4.98 Å². The van der Waals surface area contributed by atoms with Gasteiger partial charge in [-0.1, -0.05) is 0 Å². The van der Waals surface area contributed by atoms with Crippen molar-refractivity contribution in [1.82, 2.24) is 14.9 Å². The molecule has 1 aromatic heterocycles. The van der Waals surface area contributed by atoms with Gasteiger partial charge in [0.05, 0.1) is 7.11 Å². The maximum Gasteiger partial charge on any atom is 0.229 e. The zero-order valence-corrected chi connectivity index (χ0v) is 16.9. The number of anilines is 3. The van der Waals surface area contributed by atoms with Crippen LogP contribution in [0.1, 0.15) is 25.5 Å². The number of nitrogens with zero attached hydrogens (tertiary/aromatic N) is 3. The van der Waals surface area contributed by atoms with Crippen molar-refractivity contribution in [2.75, 3.05) is 37.9 Å². The minimum Gasteiger partial charge on any atom is -0.493 e. The summed E-state index contributed by atoms with van der Waals surface area (Å²) in [5.41, 5.74) is 1.63. The minimum absolute atomic E-state index is 0.419. The lowest BCUT2D eigenvalue weighted by atomic mass is 10.2. The molecule has 1 aliphatic heterocycles. The van der Waals surface area contributed by atoms with Gasteiger partial charge in [0.25, 0.3) is 0 Å². The third-order valence-corrected chi connectivity index (χ3v) is 4.69. The highest BCUT2D eigenvalue weighted by Crippen LogP contribution is 2.33. The molecule has 1 aromatic carbocycles. The van der Waals surface area contributed by atoms with E-state index >= 15 is 0 Å². The molecule has 2 heterocycles. The summed E-state index contributed by atoms with van der Waals surface area (Å²) >= 11 is 0. The summed E-state index contributed by atoms with van der Waals surface area (Å²) in [6.45, 7) is 5.50. The van der Waals surface area contributed by atoms with E-state index in [4.69, 9.17) is 9.47 Å². The predicted octanol–water partition coefficient (Wildman–Crippen LogP) is 2.76. The van der Waals surface area contributed by atoms with Crippen LogP contribution in [0.15, 0.2) is 24.3 Å². The molecule has 0 spiro atoms. The van der Waals surface area contributed by atoms with Gasteiger partial charge in [0.1, 0.15) is 11.9 Å². The third kappa shape index (κ3) is 4.82. The summed E-state index contributed by atoms with van der Waals surface area (Å²) in [5.74, 6) is 2.40. The molecule has 0 amide bonds. The van der Waals surface area contributed by atoms with E-state index in [2.05, 4.69) is 25.5 Å². The number of aliphatic hydroxyl groups is 1. The van der Waals surface area contributed by atoms with Crippen molar-refractivity contribution in [2.45, 2.75) is 39.0 Å². The van der Waals surface area contributed by atoms with Gasteiger partial charge in [0.15, 0.2) is 17.7 Å². The molecular weight excluding hydrogens is 358 g/mol. The highest BCUT2D eigenvalue weighted by atomic mass is 16.5. The van der Waals surface area contributed by atoms with Gasteiger partial charge in [-0.2, -0.15) is 4.98 Å². The first-order chi connectivity index (χ1) is 13.5. The topological polar surface area (TPSA) is 91.8 Å². The first-order valence-electron chi connectivity index (χ1n) is 9.57. The molecule has 2 aromatic rings. The van der Waals surface area contributed by atoms with Crippen LogP contribution < -0.4 is 20.1 Å². The molecule has 152 valence electrons. The Morgan fingerprint density at radius 1 is 1.14 bits per heavy atom. The van der Waals surface area contributed by atoms with Gasteiger partial charge in [-0.05, 0) is 38.8 Å². The van der Waals surface area contributed by atoms with E-state index in [9.17, 15) is 5.11 Å². The van der Waals surface area contributed by atoms with Crippen LogP contribution >= 0.6 is 0 Å². The fourth-order valence-electron chi connectivity index (χ4n) is 3.33. The minimum atomic E-state index is -0.627. The van der Waals surface area contributed by atoms with Crippen molar-refractivity contribution in [3.8, 4) is 11.5 Å². The van der Waals surface area contributed by atoms with Crippen LogP contribution in [0.2, 0.25) is 0 Å². The Morgan fingerprint density at radius 3 is 2.54 bits per heavy atom. The summed E-state index contributed by atoms with van der Waals surface area (Å²) in [6.07, 6.45) is 1.18. The molecule has 28 heavy (non-hydrogen) atoms. The van der Waals surface area contributed by atoms with Crippen molar-refractivity contribution < 1.29 is 14.6 Å². The maximum atomic E-state index is 10.2. The first-order valence-corrected chi connectivity index (χ1v) is 9.57. The number of aliphatic hydroxyl groups excluding tert-OH is 1. The normalized spacial score (nSPS) is 16.5. The molecule has 2 atom stereocenters. The fraction of sp³-hybridized carbons (Fsp3) is 0.500. The number of nitrogens with one attached hydrogen (secondary N) is 2. The van der Waals surface area contributed by atoms with Gasteiger partial charge >= 0.3 is 0 Å². The molecule has 8 heteroatoms. The number of hydrogen-bond acceptors (Lipinski definition) is 8. The van der Waals surface area contributed by atoms with Gasteiger partial charge < -0.3 is 25.2 Å². The van der Waals surface area contributed by atoms with Crippen molar-refractivity contribution in [1.29, 1.82) is 0 Å². The van der Waals surface area contributed by atoms with Crippen molar-refractivity contribution in [3.63, 3.8) is 0 Å². The van der Waals surface area contributed by atoms with Crippen molar-refractivity contribution >= 4 is 17.5 Å². The van der Waals surface area contributed by atoms with Gasteiger partial charge in [-0.15, -0.1) is 0 Å². The smallest absolute Gasteiger partial charge is 0.229 e. The van der Waals surface area contributed by atoms with Crippen LogP contribution in [0.3, 0.4) is 0 Å². The van der Waals surface area contributed by atoms with E-state index in [1.165, 1.54) is 0 Å². The Balaban J connectivity index is 1.84. The molecule has 0 saturated carbocycles. The third-order valence-electron chi connectivity index (χ3n) is 4.69. The summed E-state index contributed by atoms with van der Waals surface area (Å²) in [4.78, 5) is 11.0. The lowest BCUT2D eigenvalue weighted by Crippen LogP contribution is -2.45. The number of methoxy groups -OCH3 is 1. The molecule has 1 saturated heterocycles. The molecule has 2 unspecified atom stereocenters. The number of ether oxygens (including phenoxy) is 2. The van der Waals surface area contributed by atoms with Crippen LogP contribution in [0, 0.1) is 6.92 Å². The first kappa shape index (κ1) is 20.2. The molecule has 1 fully saturated rings. The van der Waals surface area contributed by atoms with E-state index in [0.717, 1.165) is 43.1 Å². The zero-order valence-electron chi connectivity index (χ0n) is 16.9. The monoisotopic (exact) mass is 387 g/mol. The molecule has 0 bridgehead atoms. The second kappa shape index (κ2) is 9.07. The molecular formula is C20H29N5O3. The van der Waals surface area contributed by atoms with Gasteiger partial charge in [-0.3, -0.25) is 4.90 Å². The number of aromatic nitrogens is 2. The Bertz CT molecular complexity index is 793. The second-order valence-corrected chi connectivity index (χ2v) is 6.95. The van der Waals surface area contributed by atoms with Crippen LogP contribution in [0.25, 0.3) is 0 Å². The Labute approximate surface area is 165 Å². The highest BCUT2D eigenvalue weighted by Gasteiger charge is 2.28. The lowest BCUT2D eigenvalue weighted by Gasteiger charge is -2.30. The summed E-state index contributed by atoms with van der Waals surface area (Å²) in [5, 5.41) is 16.5. The Morgan fingerprint density at radius 2 is 1.89 bits per heavy atom. The molecule has 1 aliphatic rings. The standard InChI is InChI=1S/C20H29N5O3/c1-13-11-18(21-3)24-20(22-13)23-15-7-8-16(27-4)17(12-15)28-19(14(2)26)25-9-5-6-10-25/h7-8,11-12,14,19,26H,5-6,9-10H2,1-4H3,(H2,21,22,23,24). The fourth-order valence-corrected chi connectivity index (χ4v) is 3.33. The second-order valence-electron chi connectivity index (χ2n) is 6.95. The molecule has 3 N–H and O–H groups in total. The number of rotatable bonds is 8. The van der Waals surface area contributed by atoms with E-state index in [-0.39, 0.29) is 0 Å². The van der Waals surface area contributed by atoms with Crippen LogP contribution in [-0.2, 0) is 0 Å². The quantitative estimate of drug-likeness (QED) is 0.637. The SMILES string of the molecule is CNc1cc(C)nc(Nc2ccc(OC)c(OC(C(C)O)N3CCCC3)c2)n1. The van der Waals surface area contributed by atoms with Gasteiger partial charge in [0, 0.05) is 43.7 Å². The van der Waals surface area contributed by atoms with Crippen molar-refractivity contribution in [3.05, 3.63) is 30.0 Å². The van der Waals surface area contributed by atoms with Gasteiger partial charge in [0.2, 0.25) is 5.95 Å². The van der Waals surface area contributed by atoms with Crippen molar-refractivity contribution in [2.24, 2.45) is 0 Å². The Kier molecular flexibility index (Phi) is 6.53. The lowest BCUT2D eigenvalue weighted by molar-refractivity contribution is -0.0486. The largest absolute Gasteiger partial charge is 0.493 e. The van der Waals surface area contributed by atoms with Crippen LogP contribution in [0.5, 0.6) is 11.5 Å². The molecule has 8 nitrogen and oxygen atoms in total. The molecule has 0 aliphatic carbocycles. The number of benzene rings is 1. The zero-order chi connectivity index (χ0) is 20.1. The highest BCUT2D eigenvalue weighted by molar-refractivity contribution is 5.60. The van der Waals surface area contributed by atoms with E-state index < -0.39 is 12.3 Å². The Hall–Kier alpha value is -2.58. The predicted molar refractivity (Wildman–Crippen MR) is 109 cm³/mol. The van der Waals surface area contributed by atoms with E-state index in [0.29, 0.717) is 17.4 Å². The van der Waals surface area contributed by atoms with Crippen LogP contribution in [0.4, 0.5) is 17.5 Å². The number of hydrogen-bond donors (Lipinski definition) is 3. The average Bonchev–Trinajstić information content (AvgIpc) is 3.19. The number of likely N-dealkylation sites (tertiary alicyclic amines) is 1. The summed E-state index contributed by atoms with van der Waals surface area (Å²) in [7, 11) is 3.42. The van der Waals surface area contributed by atoms with E-state index in [1.54, 1.807) is 14.0 Å². The summed E-state index contributed by atoms with van der Waals surface area (Å²) < 4.78 is 11.6. The maximum absolute atomic E-state index is 10.2. The molecule has 0 radical (unpaired) electrons. The average molecular weight is 387 g/mol. The molecule has 3 rings (SSSR count). The number of aryl methyl sites for hydroxylation is 1. The van der Waals surface area contributed by atoms with Crippen LogP contribution in [-0.4, -0.2) is 59.6 Å². The van der Waals surface area contributed by atoms with E-state index in [1.807, 2.05) is 38.2 Å². The summed E-state index contributed by atoms with van der Waals surface area (Å²) in [6, 6.07) is 7.42.